The molecule has 0 radical (unpaired) electrons. The Morgan fingerprint density at radius 1 is 1.50 bits per heavy atom. The molecule has 1 aliphatic heterocycles. The van der Waals surface area contributed by atoms with Gasteiger partial charge in [0.2, 0.25) is 5.89 Å². The molecular formula is C14H22N2O3S. The van der Waals surface area contributed by atoms with Crippen LogP contribution < -0.4 is 0 Å². The van der Waals surface area contributed by atoms with Crippen LogP contribution in [-0.4, -0.2) is 28.5 Å². The van der Waals surface area contributed by atoms with Gasteiger partial charge in [-0.1, -0.05) is 25.4 Å². The van der Waals surface area contributed by atoms with E-state index < -0.39 is 5.92 Å². The summed E-state index contributed by atoms with van der Waals surface area (Å²) in [6.07, 6.45) is 3.53. The number of aromatic nitrogens is 2. The molecule has 0 saturated carbocycles. The summed E-state index contributed by atoms with van der Waals surface area (Å²) in [5.74, 6) is 1.57. The average molecular weight is 298 g/mol. The van der Waals surface area contributed by atoms with Crippen molar-refractivity contribution in [3.05, 3.63) is 11.7 Å². The zero-order valence-electron chi connectivity index (χ0n) is 12.3. The van der Waals surface area contributed by atoms with E-state index in [1.165, 1.54) is 12.8 Å². The van der Waals surface area contributed by atoms with Crippen LogP contribution in [0.5, 0.6) is 0 Å². The van der Waals surface area contributed by atoms with E-state index in [0.717, 1.165) is 18.0 Å². The van der Waals surface area contributed by atoms with Crippen LogP contribution in [0.25, 0.3) is 0 Å². The maximum Gasteiger partial charge on any atom is 0.318 e. The first kappa shape index (κ1) is 15.4. The highest BCUT2D eigenvalue weighted by molar-refractivity contribution is 7.99. The molecule has 1 fully saturated rings. The topological polar surface area (TPSA) is 65.2 Å². The largest absolute Gasteiger partial charge is 0.465 e. The minimum absolute atomic E-state index is 0.0707. The van der Waals surface area contributed by atoms with Crippen molar-refractivity contribution in [2.75, 3.05) is 12.4 Å². The van der Waals surface area contributed by atoms with E-state index in [2.05, 4.69) is 10.1 Å². The molecule has 1 aromatic heterocycles. The van der Waals surface area contributed by atoms with Crippen molar-refractivity contribution in [3.8, 4) is 0 Å². The number of esters is 1. The van der Waals surface area contributed by atoms with E-state index in [1.807, 2.05) is 25.6 Å². The predicted octanol–water partition coefficient (Wildman–Crippen LogP) is 3.33. The van der Waals surface area contributed by atoms with E-state index in [-0.39, 0.29) is 11.9 Å². The van der Waals surface area contributed by atoms with Crippen LogP contribution in [0.3, 0.4) is 0 Å². The van der Waals surface area contributed by atoms with Crippen molar-refractivity contribution in [1.82, 2.24) is 10.1 Å². The molecular weight excluding hydrogens is 276 g/mol. The lowest BCUT2D eigenvalue weighted by molar-refractivity contribution is -0.146. The van der Waals surface area contributed by atoms with Gasteiger partial charge in [0.15, 0.2) is 5.82 Å². The van der Waals surface area contributed by atoms with Crippen LogP contribution in [0.1, 0.15) is 62.9 Å². The molecule has 1 aromatic rings. The molecule has 0 aromatic carbocycles. The van der Waals surface area contributed by atoms with Crippen LogP contribution in [0.4, 0.5) is 0 Å². The van der Waals surface area contributed by atoms with Crippen molar-refractivity contribution in [3.63, 3.8) is 0 Å². The molecule has 0 aliphatic carbocycles. The Labute approximate surface area is 123 Å². The third-order valence-electron chi connectivity index (χ3n) is 3.40. The molecule has 112 valence electrons. The maximum atomic E-state index is 12.0. The number of rotatable bonds is 5. The molecule has 1 saturated heterocycles. The minimum atomic E-state index is -0.468. The molecule has 5 nitrogen and oxygen atoms in total. The van der Waals surface area contributed by atoms with Crippen molar-refractivity contribution in [2.45, 2.75) is 51.2 Å². The lowest BCUT2D eigenvalue weighted by Crippen LogP contribution is -2.21. The number of hydrogen-bond acceptors (Lipinski definition) is 6. The summed E-state index contributed by atoms with van der Waals surface area (Å²) in [6, 6.07) is 0. The van der Waals surface area contributed by atoms with Gasteiger partial charge < -0.3 is 9.26 Å². The molecule has 20 heavy (non-hydrogen) atoms. The zero-order chi connectivity index (χ0) is 14.5. The van der Waals surface area contributed by atoms with E-state index >= 15 is 0 Å². The van der Waals surface area contributed by atoms with Gasteiger partial charge in [-0.2, -0.15) is 16.7 Å². The molecule has 2 heterocycles. The molecule has 6 heteroatoms. The summed E-state index contributed by atoms with van der Waals surface area (Å²) in [4.78, 5) is 16.5. The van der Waals surface area contributed by atoms with Gasteiger partial charge in [0.25, 0.3) is 0 Å². The Kier molecular flexibility index (Phi) is 5.46. The van der Waals surface area contributed by atoms with Gasteiger partial charge in [0, 0.05) is 0 Å². The predicted molar refractivity (Wildman–Crippen MR) is 77.6 cm³/mol. The van der Waals surface area contributed by atoms with Gasteiger partial charge in [0.1, 0.15) is 5.92 Å². The second-order valence-corrected chi connectivity index (χ2v) is 6.63. The summed E-state index contributed by atoms with van der Waals surface area (Å²) in [5.41, 5.74) is 0. The van der Waals surface area contributed by atoms with Gasteiger partial charge in [-0.3, -0.25) is 4.79 Å². The molecule has 0 N–H and O–H groups in total. The minimum Gasteiger partial charge on any atom is -0.465 e. The van der Waals surface area contributed by atoms with Gasteiger partial charge in [0.05, 0.1) is 11.9 Å². The highest BCUT2D eigenvalue weighted by atomic mass is 32.2. The summed E-state index contributed by atoms with van der Waals surface area (Å²) < 4.78 is 10.4. The third kappa shape index (κ3) is 3.53. The van der Waals surface area contributed by atoms with Gasteiger partial charge in [-0.05, 0) is 31.4 Å². The average Bonchev–Trinajstić information content (AvgIpc) is 2.89. The van der Waals surface area contributed by atoms with E-state index in [0.29, 0.717) is 17.7 Å². The van der Waals surface area contributed by atoms with Crippen molar-refractivity contribution in [1.29, 1.82) is 0 Å². The van der Waals surface area contributed by atoms with Crippen molar-refractivity contribution < 1.29 is 14.1 Å². The van der Waals surface area contributed by atoms with E-state index in [1.54, 1.807) is 6.92 Å². The molecule has 2 rings (SSSR count). The standard InChI is InChI=1S/C14H22N2O3S/c1-4-18-14(17)11(9(2)3)13-15-12(16-19-13)10-7-5-6-8-20-10/h9-11H,4-8H2,1-3H3. The molecule has 0 spiro atoms. The van der Waals surface area contributed by atoms with Gasteiger partial charge >= 0.3 is 5.97 Å². The zero-order valence-corrected chi connectivity index (χ0v) is 13.1. The van der Waals surface area contributed by atoms with Crippen LogP contribution in [0.2, 0.25) is 0 Å². The molecule has 0 amide bonds. The first-order valence-corrected chi connectivity index (χ1v) is 8.30. The summed E-state index contributed by atoms with van der Waals surface area (Å²) >= 11 is 1.87. The number of carbonyl (C=O) groups is 1. The third-order valence-corrected chi connectivity index (χ3v) is 4.77. The normalized spacial score (nSPS) is 20.9. The highest BCUT2D eigenvalue weighted by Crippen LogP contribution is 2.37. The highest BCUT2D eigenvalue weighted by Gasteiger charge is 2.32. The molecule has 0 bridgehead atoms. The Hall–Kier alpha value is -1.04. The van der Waals surface area contributed by atoms with E-state index in [4.69, 9.17) is 9.26 Å². The van der Waals surface area contributed by atoms with Crippen molar-refractivity contribution >= 4 is 17.7 Å². The molecule has 1 aliphatic rings. The van der Waals surface area contributed by atoms with E-state index in [9.17, 15) is 4.79 Å². The Morgan fingerprint density at radius 2 is 2.30 bits per heavy atom. The quantitative estimate of drug-likeness (QED) is 0.777. The molecule has 2 unspecified atom stereocenters. The lowest BCUT2D eigenvalue weighted by atomic mass is 9.96. The summed E-state index contributed by atoms with van der Waals surface area (Å²) in [7, 11) is 0. The van der Waals surface area contributed by atoms with Crippen LogP contribution in [-0.2, 0) is 9.53 Å². The molecule has 2 atom stereocenters. The number of carbonyl (C=O) groups excluding carboxylic acids is 1. The number of thioether (sulfide) groups is 1. The lowest BCUT2D eigenvalue weighted by Gasteiger charge is -2.17. The fourth-order valence-electron chi connectivity index (χ4n) is 2.34. The summed E-state index contributed by atoms with van der Waals surface area (Å²) in [6.45, 7) is 6.08. The SMILES string of the molecule is CCOC(=O)C(c1nc(C2CCCCS2)no1)C(C)C. The summed E-state index contributed by atoms with van der Waals surface area (Å²) in [5, 5.41) is 4.37. The number of hydrogen-bond donors (Lipinski definition) is 0. The first-order valence-electron chi connectivity index (χ1n) is 7.25. The Bertz CT molecular complexity index is 441. The van der Waals surface area contributed by atoms with Crippen LogP contribution in [0.15, 0.2) is 4.52 Å². The smallest absolute Gasteiger partial charge is 0.318 e. The number of ether oxygens (including phenoxy) is 1. The fourth-order valence-corrected chi connectivity index (χ4v) is 3.57. The van der Waals surface area contributed by atoms with Crippen LogP contribution in [0, 0.1) is 5.92 Å². The Balaban J connectivity index is 2.13. The fraction of sp³-hybridized carbons (Fsp3) is 0.786. The first-order chi connectivity index (χ1) is 9.63. The van der Waals surface area contributed by atoms with Crippen molar-refractivity contribution in [2.24, 2.45) is 5.92 Å². The monoisotopic (exact) mass is 298 g/mol. The Morgan fingerprint density at radius 3 is 2.90 bits per heavy atom. The van der Waals surface area contributed by atoms with Crippen LogP contribution >= 0.6 is 11.8 Å². The number of nitrogens with zero attached hydrogens (tertiary/aromatic N) is 2. The van der Waals surface area contributed by atoms with Gasteiger partial charge in [-0.15, -0.1) is 0 Å². The maximum absolute atomic E-state index is 12.0. The second-order valence-electron chi connectivity index (χ2n) is 5.32. The second kappa shape index (κ2) is 7.11. The van der Waals surface area contributed by atoms with Gasteiger partial charge in [-0.25, -0.2) is 0 Å².